The molecule has 180 valence electrons. The van der Waals surface area contributed by atoms with Gasteiger partial charge in [0, 0.05) is 19.3 Å². The number of nitrogens with zero attached hydrogens (tertiary/aromatic N) is 4. The molecule has 7 nitrogen and oxygen atoms in total. The number of benzene rings is 3. The summed E-state index contributed by atoms with van der Waals surface area (Å²) in [7, 11) is 3.45. The summed E-state index contributed by atoms with van der Waals surface area (Å²) in [4.78, 5) is 14.8. The Morgan fingerprint density at radius 3 is 2.23 bits per heavy atom. The van der Waals surface area contributed by atoms with Crippen LogP contribution in [-0.2, 0) is 17.9 Å². The van der Waals surface area contributed by atoms with Crippen molar-refractivity contribution in [3.8, 4) is 17.2 Å². The van der Waals surface area contributed by atoms with Gasteiger partial charge in [0.2, 0.25) is 5.91 Å². The number of hydrogen-bond acceptors (Lipinski definition) is 6. The van der Waals surface area contributed by atoms with Crippen LogP contribution in [-0.4, -0.2) is 45.0 Å². The molecule has 1 atom stereocenters. The van der Waals surface area contributed by atoms with Crippen LogP contribution in [0.3, 0.4) is 0 Å². The van der Waals surface area contributed by atoms with Crippen LogP contribution in [0.2, 0.25) is 0 Å². The van der Waals surface area contributed by atoms with Crippen molar-refractivity contribution in [1.82, 2.24) is 19.7 Å². The van der Waals surface area contributed by atoms with E-state index in [9.17, 15) is 4.79 Å². The van der Waals surface area contributed by atoms with Crippen LogP contribution in [0.4, 0.5) is 0 Å². The topological polar surface area (TPSA) is 69.5 Å². The highest BCUT2D eigenvalue weighted by molar-refractivity contribution is 8.00. The van der Waals surface area contributed by atoms with Crippen molar-refractivity contribution in [3.63, 3.8) is 0 Å². The summed E-state index contributed by atoms with van der Waals surface area (Å²) >= 11 is 1.39. The largest absolute Gasteiger partial charge is 0.497 e. The highest BCUT2D eigenvalue weighted by atomic mass is 32.2. The van der Waals surface area contributed by atoms with Crippen LogP contribution in [0.5, 0.6) is 11.5 Å². The number of rotatable bonds is 10. The van der Waals surface area contributed by atoms with Crippen molar-refractivity contribution in [1.29, 1.82) is 0 Å². The van der Waals surface area contributed by atoms with Gasteiger partial charge in [-0.25, -0.2) is 0 Å². The molecule has 4 rings (SSSR count). The smallest absolute Gasteiger partial charge is 0.235 e. The minimum absolute atomic E-state index is 0.0255. The fraction of sp³-hybridized carbons (Fsp3) is 0.222. The summed E-state index contributed by atoms with van der Waals surface area (Å²) in [6.45, 7) is 2.67. The summed E-state index contributed by atoms with van der Waals surface area (Å²) in [5.41, 5.74) is 2.00. The lowest BCUT2D eigenvalue weighted by Crippen LogP contribution is -2.33. The lowest BCUT2D eigenvalue weighted by molar-refractivity contribution is -0.129. The average molecular weight is 489 g/mol. The van der Waals surface area contributed by atoms with E-state index in [4.69, 9.17) is 9.47 Å². The standard InChI is InChI=1S/C27H28N4O3S/c1-20(26(32)30(2)18-21-10-6-4-7-11-21)35-27-29-28-25(31(27)22-12-8-5-9-13-22)19-34-24-16-14-23(33-3)15-17-24/h4-17,20H,18-19H2,1-3H3. The SMILES string of the molecule is COc1ccc(OCc2nnc(SC(C)C(=O)N(C)Cc3ccccc3)n2-c2ccccc2)cc1. The third-order valence-electron chi connectivity index (χ3n) is 5.41. The van der Waals surface area contributed by atoms with E-state index in [2.05, 4.69) is 10.2 Å². The van der Waals surface area contributed by atoms with Crippen LogP contribution >= 0.6 is 11.8 Å². The first-order chi connectivity index (χ1) is 17.0. The number of aromatic nitrogens is 3. The van der Waals surface area contributed by atoms with Gasteiger partial charge in [-0.1, -0.05) is 60.3 Å². The van der Waals surface area contributed by atoms with Gasteiger partial charge < -0.3 is 14.4 Å². The normalized spacial score (nSPS) is 11.6. The van der Waals surface area contributed by atoms with E-state index in [1.54, 1.807) is 12.0 Å². The van der Waals surface area contributed by atoms with Gasteiger partial charge in [-0.3, -0.25) is 9.36 Å². The van der Waals surface area contributed by atoms with Crippen molar-refractivity contribution in [3.05, 3.63) is 96.3 Å². The molecule has 1 unspecified atom stereocenters. The highest BCUT2D eigenvalue weighted by Crippen LogP contribution is 2.27. The zero-order chi connectivity index (χ0) is 24.6. The fourth-order valence-electron chi connectivity index (χ4n) is 3.58. The molecule has 0 N–H and O–H groups in total. The van der Waals surface area contributed by atoms with Crippen LogP contribution in [0.1, 0.15) is 18.3 Å². The molecule has 0 bridgehead atoms. The number of hydrogen-bond donors (Lipinski definition) is 0. The Bertz CT molecular complexity index is 1230. The Morgan fingerprint density at radius 2 is 1.57 bits per heavy atom. The van der Waals surface area contributed by atoms with Gasteiger partial charge >= 0.3 is 0 Å². The molecule has 0 aliphatic rings. The Morgan fingerprint density at radius 1 is 0.943 bits per heavy atom. The van der Waals surface area contributed by atoms with Crippen LogP contribution in [0.15, 0.2) is 90.1 Å². The van der Waals surface area contributed by atoms with Crippen LogP contribution in [0, 0.1) is 0 Å². The van der Waals surface area contributed by atoms with Gasteiger partial charge in [0.25, 0.3) is 0 Å². The van der Waals surface area contributed by atoms with E-state index in [0.29, 0.717) is 23.3 Å². The summed E-state index contributed by atoms with van der Waals surface area (Å²) in [6.07, 6.45) is 0. The van der Waals surface area contributed by atoms with Gasteiger partial charge in [0.05, 0.1) is 12.4 Å². The van der Waals surface area contributed by atoms with E-state index in [-0.39, 0.29) is 17.8 Å². The molecule has 0 aliphatic heterocycles. The molecule has 0 spiro atoms. The average Bonchev–Trinajstić information content (AvgIpc) is 3.30. The molecule has 4 aromatic rings. The molecule has 35 heavy (non-hydrogen) atoms. The summed E-state index contributed by atoms with van der Waals surface area (Å²) in [5.74, 6) is 2.14. The number of para-hydroxylation sites is 1. The third-order valence-corrected chi connectivity index (χ3v) is 6.44. The molecule has 0 saturated heterocycles. The van der Waals surface area contributed by atoms with Crippen LogP contribution < -0.4 is 9.47 Å². The Kier molecular flexibility index (Phi) is 8.05. The van der Waals surface area contributed by atoms with Crippen molar-refractivity contribution >= 4 is 17.7 Å². The number of methoxy groups -OCH3 is 1. The van der Waals surface area contributed by atoms with Gasteiger partial charge in [-0.2, -0.15) is 0 Å². The number of thioether (sulfide) groups is 1. The molecular formula is C27H28N4O3S. The maximum atomic E-state index is 13.1. The quantitative estimate of drug-likeness (QED) is 0.293. The van der Waals surface area contributed by atoms with Gasteiger partial charge in [0.15, 0.2) is 11.0 Å². The first-order valence-electron chi connectivity index (χ1n) is 11.3. The molecule has 1 amide bonds. The molecule has 1 aromatic heterocycles. The molecular weight excluding hydrogens is 460 g/mol. The molecule has 0 aliphatic carbocycles. The lowest BCUT2D eigenvalue weighted by atomic mass is 10.2. The first-order valence-corrected chi connectivity index (χ1v) is 12.1. The second-order valence-corrected chi connectivity index (χ2v) is 9.28. The number of carbonyl (C=O) groups excluding carboxylic acids is 1. The summed E-state index contributed by atoms with van der Waals surface area (Å²) in [6, 6.07) is 27.2. The van der Waals surface area contributed by atoms with E-state index in [1.807, 2.05) is 103 Å². The fourth-order valence-corrected chi connectivity index (χ4v) is 4.58. The Hall–Kier alpha value is -3.78. The maximum absolute atomic E-state index is 13.1. The van der Waals surface area contributed by atoms with Crippen molar-refractivity contribution in [2.45, 2.75) is 30.5 Å². The van der Waals surface area contributed by atoms with Crippen molar-refractivity contribution in [2.75, 3.05) is 14.2 Å². The molecule has 1 heterocycles. The van der Waals surface area contributed by atoms with E-state index in [1.165, 1.54) is 11.8 Å². The molecule has 3 aromatic carbocycles. The van der Waals surface area contributed by atoms with Gasteiger partial charge in [-0.15, -0.1) is 10.2 Å². The summed E-state index contributed by atoms with van der Waals surface area (Å²) in [5, 5.41) is 9.08. The number of ether oxygens (including phenoxy) is 2. The van der Waals surface area contributed by atoms with Gasteiger partial charge in [0.1, 0.15) is 18.1 Å². The minimum Gasteiger partial charge on any atom is -0.497 e. The highest BCUT2D eigenvalue weighted by Gasteiger charge is 2.23. The zero-order valence-electron chi connectivity index (χ0n) is 20.0. The molecule has 8 heteroatoms. The predicted molar refractivity (Wildman–Crippen MR) is 137 cm³/mol. The minimum atomic E-state index is -0.342. The molecule has 0 radical (unpaired) electrons. The molecule has 0 saturated carbocycles. The maximum Gasteiger partial charge on any atom is 0.235 e. The zero-order valence-corrected chi connectivity index (χ0v) is 20.8. The number of amides is 1. The summed E-state index contributed by atoms with van der Waals surface area (Å²) < 4.78 is 13.1. The lowest BCUT2D eigenvalue weighted by Gasteiger charge is -2.21. The second-order valence-electron chi connectivity index (χ2n) is 7.97. The third kappa shape index (κ3) is 6.22. The van der Waals surface area contributed by atoms with Crippen molar-refractivity contribution in [2.24, 2.45) is 0 Å². The first kappa shape index (κ1) is 24.3. The van der Waals surface area contributed by atoms with Crippen LogP contribution in [0.25, 0.3) is 5.69 Å². The molecule has 0 fully saturated rings. The second kappa shape index (κ2) is 11.6. The Labute approximate surface area is 209 Å². The van der Waals surface area contributed by atoms with Crippen molar-refractivity contribution < 1.29 is 14.3 Å². The monoisotopic (exact) mass is 488 g/mol. The van der Waals surface area contributed by atoms with E-state index < -0.39 is 0 Å². The van der Waals surface area contributed by atoms with E-state index >= 15 is 0 Å². The number of carbonyl (C=O) groups is 1. The predicted octanol–water partition coefficient (Wildman–Crippen LogP) is 4.99. The van der Waals surface area contributed by atoms with Gasteiger partial charge in [-0.05, 0) is 48.9 Å². The van der Waals surface area contributed by atoms with E-state index in [0.717, 1.165) is 17.0 Å². The Balaban J connectivity index is 1.50.